The van der Waals surface area contributed by atoms with Crippen molar-refractivity contribution in [3.05, 3.63) is 40.3 Å². The number of carbonyl (C=O) groups excluding carboxylic acids is 2. The smallest absolute Gasteiger partial charge is 0.223 e. The first-order valence-corrected chi connectivity index (χ1v) is 10.6. The number of thiophene rings is 1. The largest absolute Gasteiger partial charge is 0.341 e. The summed E-state index contributed by atoms with van der Waals surface area (Å²) >= 11 is 1.75. The highest BCUT2D eigenvalue weighted by atomic mass is 32.1. The highest BCUT2D eigenvalue weighted by Crippen LogP contribution is 2.14. The van der Waals surface area contributed by atoms with E-state index in [0.29, 0.717) is 32.4 Å². The molecule has 1 saturated heterocycles. The van der Waals surface area contributed by atoms with E-state index in [9.17, 15) is 9.59 Å². The molecule has 1 aliphatic heterocycles. The van der Waals surface area contributed by atoms with Crippen molar-refractivity contribution in [3.8, 4) is 0 Å². The van der Waals surface area contributed by atoms with Crippen molar-refractivity contribution in [2.45, 2.75) is 38.5 Å². The van der Waals surface area contributed by atoms with Crippen LogP contribution in [0, 0.1) is 0 Å². The maximum atomic E-state index is 12.5. The van der Waals surface area contributed by atoms with Crippen molar-refractivity contribution in [1.82, 2.24) is 19.6 Å². The van der Waals surface area contributed by atoms with Crippen LogP contribution in [-0.2, 0) is 29.5 Å². The predicted octanol–water partition coefficient (Wildman–Crippen LogP) is 2.50. The van der Waals surface area contributed by atoms with Gasteiger partial charge in [0.15, 0.2) is 0 Å². The van der Waals surface area contributed by atoms with Crippen molar-refractivity contribution in [2.24, 2.45) is 7.05 Å². The molecule has 0 atom stereocenters. The molecule has 0 N–H and O–H groups in total. The molecule has 0 aromatic carbocycles. The molecule has 1 aliphatic rings. The van der Waals surface area contributed by atoms with Gasteiger partial charge in [0.05, 0.1) is 0 Å². The predicted molar refractivity (Wildman–Crippen MR) is 107 cm³/mol. The summed E-state index contributed by atoms with van der Waals surface area (Å²) in [6, 6.07) is 6.12. The van der Waals surface area contributed by atoms with Crippen molar-refractivity contribution >= 4 is 23.2 Å². The van der Waals surface area contributed by atoms with Gasteiger partial charge in [0.1, 0.15) is 0 Å². The van der Waals surface area contributed by atoms with E-state index in [1.54, 1.807) is 17.5 Å². The van der Waals surface area contributed by atoms with Crippen LogP contribution in [0.25, 0.3) is 0 Å². The second-order valence-corrected chi connectivity index (χ2v) is 8.03. The van der Waals surface area contributed by atoms with E-state index < -0.39 is 0 Å². The van der Waals surface area contributed by atoms with Gasteiger partial charge in [-0.05, 0) is 43.2 Å². The van der Waals surface area contributed by atoms with E-state index in [-0.39, 0.29) is 11.8 Å². The summed E-state index contributed by atoms with van der Waals surface area (Å²) in [6.45, 7) is 2.78. The van der Waals surface area contributed by atoms with Gasteiger partial charge in [-0.2, -0.15) is 5.10 Å². The minimum absolute atomic E-state index is 0.170. The Balaban J connectivity index is 1.40. The number of hydrogen-bond acceptors (Lipinski definition) is 4. The van der Waals surface area contributed by atoms with Gasteiger partial charge in [-0.25, -0.2) is 0 Å². The molecule has 7 heteroatoms. The fourth-order valence-electron chi connectivity index (χ4n) is 3.48. The fourth-order valence-corrected chi connectivity index (χ4v) is 4.23. The summed E-state index contributed by atoms with van der Waals surface area (Å²) in [5.74, 6) is 0.388. The molecule has 3 heterocycles. The topological polar surface area (TPSA) is 58.4 Å². The van der Waals surface area contributed by atoms with Gasteiger partial charge in [0, 0.05) is 62.8 Å². The summed E-state index contributed by atoms with van der Waals surface area (Å²) < 4.78 is 1.81. The lowest BCUT2D eigenvalue weighted by atomic mass is 10.2. The SMILES string of the molecule is Cn1nccc1CCC(=O)N1CCCN(C(=O)CCCc2cccs2)CC1. The Labute approximate surface area is 164 Å². The van der Waals surface area contributed by atoms with Gasteiger partial charge in [0.25, 0.3) is 0 Å². The van der Waals surface area contributed by atoms with E-state index in [1.807, 2.05) is 27.6 Å². The van der Waals surface area contributed by atoms with Crippen molar-refractivity contribution in [2.75, 3.05) is 26.2 Å². The van der Waals surface area contributed by atoms with Crippen molar-refractivity contribution < 1.29 is 9.59 Å². The average Bonchev–Trinajstić information content (AvgIpc) is 3.25. The maximum Gasteiger partial charge on any atom is 0.223 e. The molecule has 6 nitrogen and oxygen atoms in total. The summed E-state index contributed by atoms with van der Waals surface area (Å²) in [6.07, 6.45) is 6.26. The molecule has 0 unspecified atom stereocenters. The number of amides is 2. The van der Waals surface area contributed by atoms with E-state index in [1.165, 1.54) is 4.88 Å². The Bertz CT molecular complexity index is 741. The van der Waals surface area contributed by atoms with Gasteiger partial charge in [0.2, 0.25) is 11.8 Å². The Hall–Kier alpha value is -2.15. The third kappa shape index (κ3) is 5.66. The zero-order valence-corrected chi connectivity index (χ0v) is 16.8. The molecule has 0 spiro atoms. The molecule has 1 fully saturated rings. The first kappa shape index (κ1) is 19.6. The van der Waals surface area contributed by atoms with Crippen LogP contribution >= 0.6 is 11.3 Å². The number of rotatable bonds is 7. The van der Waals surface area contributed by atoms with Crippen LogP contribution < -0.4 is 0 Å². The average molecular weight is 389 g/mol. The summed E-state index contributed by atoms with van der Waals surface area (Å²) in [5, 5.41) is 6.22. The molecule has 2 amide bonds. The summed E-state index contributed by atoms with van der Waals surface area (Å²) in [7, 11) is 1.90. The number of nitrogens with zero attached hydrogens (tertiary/aromatic N) is 4. The summed E-state index contributed by atoms with van der Waals surface area (Å²) in [5.41, 5.74) is 1.07. The zero-order chi connectivity index (χ0) is 19.1. The molecule has 27 heavy (non-hydrogen) atoms. The van der Waals surface area contributed by atoms with E-state index in [4.69, 9.17) is 0 Å². The first-order valence-electron chi connectivity index (χ1n) is 9.68. The minimum Gasteiger partial charge on any atom is -0.341 e. The van der Waals surface area contributed by atoms with Gasteiger partial charge in [-0.1, -0.05) is 6.07 Å². The van der Waals surface area contributed by atoms with Crippen LogP contribution in [0.15, 0.2) is 29.8 Å². The molecule has 2 aromatic rings. The van der Waals surface area contributed by atoms with Crippen LogP contribution in [0.1, 0.15) is 36.3 Å². The standard InChI is InChI=1S/C20H28N4O2S/c1-22-17(10-11-21-22)8-9-20(26)24-13-4-12-23(14-15-24)19(25)7-2-5-18-6-3-16-27-18/h3,6,10-11,16H,2,4-5,7-9,12-15H2,1H3. The van der Waals surface area contributed by atoms with Gasteiger partial charge in [-0.3, -0.25) is 14.3 Å². The van der Waals surface area contributed by atoms with Gasteiger partial charge < -0.3 is 9.80 Å². The summed E-state index contributed by atoms with van der Waals surface area (Å²) in [4.78, 5) is 30.2. The quantitative estimate of drug-likeness (QED) is 0.732. The van der Waals surface area contributed by atoms with Crippen LogP contribution in [0.4, 0.5) is 0 Å². The van der Waals surface area contributed by atoms with Gasteiger partial charge >= 0.3 is 0 Å². The fraction of sp³-hybridized carbons (Fsp3) is 0.550. The highest BCUT2D eigenvalue weighted by molar-refractivity contribution is 7.09. The molecule has 146 valence electrons. The highest BCUT2D eigenvalue weighted by Gasteiger charge is 2.21. The molecule has 0 radical (unpaired) electrons. The Kier molecular flexibility index (Phi) is 7.04. The third-order valence-electron chi connectivity index (χ3n) is 5.11. The van der Waals surface area contributed by atoms with Crippen LogP contribution in [-0.4, -0.2) is 57.6 Å². The van der Waals surface area contributed by atoms with E-state index in [2.05, 4.69) is 22.6 Å². The lowest BCUT2D eigenvalue weighted by Crippen LogP contribution is -2.37. The Morgan fingerprint density at radius 3 is 2.41 bits per heavy atom. The van der Waals surface area contributed by atoms with Crippen LogP contribution in [0.3, 0.4) is 0 Å². The molecule has 0 aliphatic carbocycles. The van der Waals surface area contributed by atoms with Crippen LogP contribution in [0.5, 0.6) is 0 Å². The van der Waals surface area contributed by atoms with E-state index in [0.717, 1.165) is 38.0 Å². The molecular formula is C20H28N4O2S. The second kappa shape index (κ2) is 9.69. The maximum absolute atomic E-state index is 12.5. The Morgan fingerprint density at radius 2 is 1.78 bits per heavy atom. The normalized spacial score (nSPS) is 15.0. The molecule has 2 aromatic heterocycles. The molecule has 0 bridgehead atoms. The molecule has 3 rings (SSSR count). The molecular weight excluding hydrogens is 360 g/mol. The van der Waals surface area contributed by atoms with Crippen molar-refractivity contribution in [1.29, 1.82) is 0 Å². The number of hydrogen-bond donors (Lipinski definition) is 0. The Morgan fingerprint density at radius 1 is 1.04 bits per heavy atom. The lowest BCUT2D eigenvalue weighted by Gasteiger charge is -2.22. The monoisotopic (exact) mass is 388 g/mol. The molecule has 0 saturated carbocycles. The van der Waals surface area contributed by atoms with Crippen LogP contribution in [0.2, 0.25) is 0 Å². The number of aryl methyl sites for hydroxylation is 3. The zero-order valence-electron chi connectivity index (χ0n) is 16.0. The second-order valence-electron chi connectivity index (χ2n) is 6.99. The van der Waals surface area contributed by atoms with Gasteiger partial charge in [-0.15, -0.1) is 11.3 Å². The number of carbonyl (C=O) groups is 2. The number of aromatic nitrogens is 2. The third-order valence-corrected chi connectivity index (χ3v) is 6.05. The lowest BCUT2D eigenvalue weighted by molar-refractivity contribution is -0.133. The minimum atomic E-state index is 0.170. The first-order chi connectivity index (χ1) is 13.1. The van der Waals surface area contributed by atoms with Crippen molar-refractivity contribution in [3.63, 3.8) is 0 Å². The van der Waals surface area contributed by atoms with E-state index >= 15 is 0 Å².